The minimum Gasteiger partial charge on any atom is -0.397 e. The third kappa shape index (κ3) is 16.9. The maximum atomic E-state index is 11.4. The first-order valence-electron chi connectivity index (χ1n) is 33.3. The van der Waals surface area contributed by atoms with Gasteiger partial charge in [0.2, 0.25) is 11.9 Å². The van der Waals surface area contributed by atoms with Gasteiger partial charge >= 0.3 is 0 Å². The van der Waals surface area contributed by atoms with E-state index in [1.165, 1.54) is 31.6 Å². The van der Waals surface area contributed by atoms with Crippen LogP contribution >= 0.6 is 0 Å². The molecule has 0 amide bonds. The molecular weight excluding hydrogens is 1360 g/mol. The fourth-order valence-corrected chi connectivity index (χ4v) is 10.0. The Hall–Kier alpha value is -13.7. The van der Waals surface area contributed by atoms with Crippen molar-refractivity contribution >= 4 is 125 Å². The molecule has 0 aliphatic heterocycles. The molecule has 16 aromatic heterocycles. The van der Waals surface area contributed by atoms with Crippen LogP contribution in [0.2, 0.25) is 0 Å². The molecule has 43 nitrogen and oxygen atoms in total. The van der Waals surface area contributed by atoms with Crippen LogP contribution in [0.1, 0.15) is 165 Å². The maximum Gasteiger partial charge on any atom is 0.282 e. The Balaban J connectivity index is 0.000000140. The Morgan fingerprint density at radius 1 is 0.368 bits per heavy atom. The lowest BCUT2D eigenvalue weighted by Gasteiger charge is -2.07. The van der Waals surface area contributed by atoms with Gasteiger partial charge in [0.05, 0.1) is 66.4 Å². The number of anilines is 7. The summed E-state index contributed by atoms with van der Waals surface area (Å²) in [5.74, 6) is 2.34. The van der Waals surface area contributed by atoms with Crippen LogP contribution in [-0.4, -0.2) is 163 Å². The summed E-state index contributed by atoms with van der Waals surface area (Å²) in [6.45, 7) is 32.4. The molecule has 0 bridgehead atoms. The lowest BCUT2D eigenvalue weighted by molar-refractivity contribution is 0.526. The lowest BCUT2D eigenvalue weighted by Crippen LogP contribution is -2.12. The zero-order valence-electron chi connectivity index (χ0n) is 61.3. The van der Waals surface area contributed by atoms with Crippen LogP contribution in [0.5, 0.6) is 0 Å². The second-order valence-corrected chi connectivity index (χ2v) is 25.7. The van der Waals surface area contributed by atoms with Crippen molar-refractivity contribution < 1.29 is 0 Å². The number of rotatable bonds is 8. The molecule has 16 aromatic rings. The fourth-order valence-electron chi connectivity index (χ4n) is 10.0. The number of fused-ring (bicyclic) bond motifs is 8. The standard InChI is InChI=1S/C9H12N4.C8H11N5O.3C8H11N5.C8H10N4O.C7H10N6O.C7H10N6/c1-6(2)13-4-3-7-8(10)11-5-12-9(7)13;1-4(2)13-3-10-5-6(13)11-8(9)12-7(5)14;1-5(2)13-4-12-6-7(9)10-3-11-8(6)13;1-5(2)6-3-10-8-7(9)11-4-12-13(6)8;1-5(2)13-8-7(11-12-13)6(9)3-4-10-8;1-5(2)12-4-11-6-7(12)9-3-10-8(6)13;1-3(2)13-5-4(11-12-13)6(14)10-7(8)9-5;1-4(2)13-7-5(11-12-13)6(8)9-3-10-7/h3-6H,1-2H3,(H2,10,11,12);3-4H,1-2H3,(H3,9,11,12,14);3-5H,1-2H3,(H2,9,10,11);3-5H,1-2H3,(H2,9,11,12);3-5H,1-2H3,(H2,9,10);3-5H,1-2H3,(H,9,10,13);3H,1-2H3,(H3,8,9,10,14);3-4H,1-2H3,(H2,8,9,10). The van der Waals surface area contributed by atoms with Gasteiger partial charge in [-0.3, -0.25) is 24.4 Å². The SMILES string of the molecule is CC(C)c1cnc2c(N)ncnn12.CC(C)n1ccc2c(N)ncnc21.CC(C)n1cnc2c(=O)[nH]c(N)nc21.CC(C)n1cnc2c(=O)[nH]cnc21.CC(C)n1cnc2c(N)ncnc21.CC(C)n1nnc2c(=O)[nH]c(N)nc21.CC(C)n1nnc2c(N)ccnc21.CC(C)n1nnc2c(N)ncnc21. The molecule has 0 atom stereocenters. The van der Waals surface area contributed by atoms with Gasteiger partial charge in [-0.25, -0.2) is 83.4 Å². The van der Waals surface area contributed by atoms with Crippen molar-refractivity contribution in [1.82, 2.24) is 163 Å². The summed E-state index contributed by atoms with van der Waals surface area (Å²) in [5, 5.41) is 28.4. The highest BCUT2D eigenvalue weighted by molar-refractivity contribution is 5.86. The van der Waals surface area contributed by atoms with Crippen LogP contribution in [-0.2, 0) is 0 Å². The normalized spacial score (nSPS) is 11.3. The first-order chi connectivity index (χ1) is 50.4. The van der Waals surface area contributed by atoms with Crippen LogP contribution < -0.4 is 56.8 Å². The van der Waals surface area contributed by atoms with Gasteiger partial charge in [0.25, 0.3) is 16.7 Å². The topological polar surface area (TPSA) is 603 Å². The molecule has 0 aliphatic carbocycles. The number of pyridine rings is 1. The van der Waals surface area contributed by atoms with Gasteiger partial charge in [-0.2, -0.15) is 15.1 Å². The van der Waals surface area contributed by atoms with E-state index >= 15 is 0 Å². The predicted molar refractivity (Wildman–Crippen MR) is 402 cm³/mol. The maximum absolute atomic E-state index is 11.4. The van der Waals surface area contributed by atoms with Crippen molar-refractivity contribution in [3.63, 3.8) is 0 Å². The number of nitrogen functional groups attached to an aromatic ring is 7. The van der Waals surface area contributed by atoms with Crippen molar-refractivity contribution in [3.8, 4) is 0 Å². The first kappa shape index (κ1) is 76.5. The number of aromatic amines is 3. The highest BCUT2D eigenvalue weighted by atomic mass is 16.1. The molecule has 556 valence electrons. The molecule has 0 saturated heterocycles. The van der Waals surface area contributed by atoms with E-state index in [2.05, 4.69) is 172 Å². The molecule has 0 aliphatic rings. The van der Waals surface area contributed by atoms with Crippen molar-refractivity contribution in [1.29, 1.82) is 0 Å². The number of imidazole rings is 4. The fraction of sp³-hybridized carbons (Fsp3) is 0.381. The van der Waals surface area contributed by atoms with Crippen LogP contribution in [0.15, 0.2) is 95.7 Å². The molecule has 17 N–H and O–H groups in total. The van der Waals surface area contributed by atoms with Crippen LogP contribution in [0, 0.1) is 0 Å². The van der Waals surface area contributed by atoms with E-state index in [4.69, 9.17) is 40.1 Å². The zero-order chi connectivity index (χ0) is 77.1. The summed E-state index contributed by atoms with van der Waals surface area (Å²) in [4.78, 5) is 102. The quantitative estimate of drug-likeness (QED) is 0.0904. The molecule has 0 radical (unpaired) electrons. The number of hydrogen-bond acceptors (Lipinski definition) is 32. The van der Waals surface area contributed by atoms with Crippen molar-refractivity contribution in [2.24, 2.45) is 0 Å². The van der Waals surface area contributed by atoms with E-state index in [9.17, 15) is 14.4 Å². The van der Waals surface area contributed by atoms with Gasteiger partial charge in [0, 0.05) is 36.6 Å². The van der Waals surface area contributed by atoms with E-state index in [1.54, 1.807) is 60.6 Å². The Morgan fingerprint density at radius 3 is 1.39 bits per heavy atom. The van der Waals surface area contributed by atoms with E-state index in [0.29, 0.717) is 103 Å². The van der Waals surface area contributed by atoms with Gasteiger partial charge in [-0.05, 0) is 115 Å². The van der Waals surface area contributed by atoms with Gasteiger partial charge in [-0.1, -0.05) is 29.5 Å². The predicted octanol–water partition coefficient (Wildman–Crippen LogP) is 5.45. The molecule has 16 rings (SSSR count). The third-order valence-corrected chi connectivity index (χ3v) is 15.4. The Bertz CT molecular complexity index is 5230. The van der Waals surface area contributed by atoms with Crippen molar-refractivity contribution in [2.45, 2.75) is 159 Å². The van der Waals surface area contributed by atoms with Crippen LogP contribution in [0.25, 0.3) is 83.7 Å². The summed E-state index contributed by atoms with van der Waals surface area (Å²) in [6, 6.07) is 5.43. The largest absolute Gasteiger partial charge is 0.397 e. The summed E-state index contributed by atoms with van der Waals surface area (Å²) in [5.41, 5.74) is 48.2. The highest BCUT2D eigenvalue weighted by Gasteiger charge is 2.17. The minimum atomic E-state index is -0.362. The van der Waals surface area contributed by atoms with E-state index < -0.39 is 0 Å². The molecule has 0 aromatic carbocycles. The smallest absolute Gasteiger partial charge is 0.282 e. The van der Waals surface area contributed by atoms with Gasteiger partial charge in [0.1, 0.15) is 42.3 Å². The summed E-state index contributed by atoms with van der Waals surface area (Å²) >= 11 is 0. The number of nitrogens with two attached hydrogens (primary N) is 7. The van der Waals surface area contributed by atoms with E-state index in [-0.39, 0.29) is 64.3 Å². The van der Waals surface area contributed by atoms with E-state index in [0.717, 1.165) is 28.0 Å². The van der Waals surface area contributed by atoms with Crippen LogP contribution in [0.4, 0.5) is 40.9 Å². The van der Waals surface area contributed by atoms with Gasteiger partial charge in [-0.15, -0.1) is 15.3 Å². The number of hydrogen-bond donors (Lipinski definition) is 10. The number of H-pyrrole nitrogens is 3. The molecule has 16 heterocycles. The second-order valence-electron chi connectivity index (χ2n) is 25.7. The van der Waals surface area contributed by atoms with Crippen molar-refractivity contribution in [2.75, 3.05) is 40.1 Å². The number of nitrogens with zero attached hydrogens (tertiary/aromatic N) is 30. The average Bonchev–Trinajstić information content (AvgIpc) is 1.44. The van der Waals surface area contributed by atoms with E-state index in [1.807, 2.05) is 90.6 Å². The third-order valence-electron chi connectivity index (χ3n) is 15.4. The zero-order valence-corrected chi connectivity index (χ0v) is 61.3. The second kappa shape index (κ2) is 33.0. The molecule has 0 unspecified atom stereocenters. The van der Waals surface area contributed by atoms with Crippen LogP contribution in [0.3, 0.4) is 0 Å². The highest BCUT2D eigenvalue weighted by Crippen LogP contribution is 2.24. The first-order valence-corrected chi connectivity index (χ1v) is 33.3. The van der Waals surface area contributed by atoms with Gasteiger partial charge in [0.15, 0.2) is 84.6 Å². The monoisotopic (exact) mass is 1450 g/mol. The Morgan fingerprint density at radius 2 is 0.821 bits per heavy atom. The summed E-state index contributed by atoms with van der Waals surface area (Å²) in [7, 11) is 0. The number of nitrogens with one attached hydrogen (secondary N) is 3. The molecule has 0 saturated carbocycles. The minimum absolute atomic E-state index is 0.0756. The summed E-state index contributed by atoms with van der Waals surface area (Å²) < 4.78 is 14.5. The van der Waals surface area contributed by atoms with Crippen molar-refractivity contribution in [3.05, 3.63) is 118 Å². The number of aromatic nitrogens is 33. The molecule has 43 heteroatoms. The summed E-state index contributed by atoms with van der Waals surface area (Å²) in [6.07, 6.45) is 17.6. The molecule has 106 heavy (non-hydrogen) atoms. The Kier molecular flexibility index (Phi) is 23.8. The van der Waals surface area contributed by atoms with Gasteiger partial charge < -0.3 is 63.4 Å². The molecular formula is C63H86N40O3. The molecule has 0 spiro atoms. The molecule has 0 fully saturated rings. The Labute approximate surface area is 602 Å². The average molecular weight is 1450 g/mol. The lowest BCUT2D eigenvalue weighted by atomic mass is 10.2.